The normalized spacial score (nSPS) is 23.5. The molecular weight excluding hydrogens is 214 g/mol. The van der Waals surface area contributed by atoms with Crippen molar-refractivity contribution in [2.75, 3.05) is 24.7 Å². The second-order valence-corrected chi connectivity index (χ2v) is 4.78. The molecule has 0 N–H and O–H groups in total. The van der Waals surface area contributed by atoms with Crippen LogP contribution in [0.4, 0.5) is 5.69 Å². The standard InChI is InChI=1S/C14H17NO2/c16-14(12-7-9-17-10-12)15-8-3-5-11-4-1-2-6-13(11)15/h1-2,4,6,12H,3,5,7-10H2. The summed E-state index contributed by atoms with van der Waals surface area (Å²) in [5.74, 6) is 0.316. The molecule has 0 aromatic heterocycles. The minimum atomic E-state index is 0.0705. The lowest BCUT2D eigenvalue weighted by Gasteiger charge is -2.31. The van der Waals surface area contributed by atoms with Crippen LogP contribution in [0.15, 0.2) is 24.3 Å². The second kappa shape index (κ2) is 4.49. The molecule has 0 aliphatic carbocycles. The van der Waals surface area contributed by atoms with Crippen LogP contribution in [0, 0.1) is 5.92 Å². The van der Waals surface area contributed by atoms with Crippen molar-refractivity contribution >= 4 is 11.6 Å². The molecule has 3 rings (SSSR count). The van der Waals surface area contributed by atoms with Crippen LogP contribution in [-0.2, 0) is 16.0 Å². The maximum atomic E-state index is 12.4. The van der Waals surface area contributed by atoms with E-state index in [0.717, 1.165) is 38.1 Å². The Bertz CT molecular complexity index is 424. The van der Waals surface area contributed by atoms with Crippen molar-refractivity contribution in [3.8, 4) is 0 Å². The van der Waals surface area contributed by atoms with Gasteiger partial charge in [0.05, 0.1) is 12.5 Å². The first-order chi connectivity index (χ1) is 8.36. The minimum Gasteiger partial charge on any atom is -0.381 e. The lowest BCUT2D eigenvalue weighted by atomic mass is 9.99. The maximum absolute atomic E-state index is 12.4. The molecule has 0 spiro atoms. The van der Waals surface area contributed by atoms with E-state index in [4.69, 9.17) is 4.74 Å². The van der Waals surface area contributed by atoms with E-state index in [1.807, 2.05) is 17.0 Å². The third-order valence-corrected chi connectivity index (χ3v) is 3.66. The third-order valence-electron chi connectivity index (χ3n) is 3.66. The average Bonchev–Trinajstić information content (AvgIpc) is 2.91. The van der Waals surface area contributed by atoms with E-state index in [2.05, 4.69) is 12.1 Å². The topological polar surface area (TPSA) is 29.5 Å². The van der Waals surface area contributed by atoms with Gasteiger partial charge in [-0.1, -0.05) is 18.2 Å². The van der Waals surface area contributed by atoms with Crippen LogP contribution in [-0.4, -0.2) is 25.7 Å². The smallest absolute Gasteiger partial charge is 0.232 e. The zero-order valence-corrected chi connectivity index (χ0v) is 9.89. The van der Waals surface area contributed by atoms with E-state index < -0.39 is 0 Å². The summed E-state index contributed by atoms with van der Waals surface area (Å²) in [7, 11) is 0. The van der Waals surface area contributed by atoms with E-state index >= 15 is 0 Å². The van der Waals surface area contributed by atoms with Crippen molar-refractivity contribution in [1.82, 2.24) is 0 Å². The Morgan fingerprint density at radius 3 is 3.06 bits per heavy atom. The van der Waals surface area contributed by atoms with E-state index in [1.54, 1.807) is 0 Å². The molecule has 3 nitrogen and oxygen atoms in total. The van der Waals surface area contributed by atoms with Crippen molar-refractivity contribution in [2.45, 2.75) is 19.3 Å². The first kappa shape index (κ1) is 10.8. The first-order valence-corrected chi connectivity index (χ1v) is 6.33. The quantitative estimate of drug-likeness (QED) is 0.740. The minimum absolute atomic E-state index is 0.0705. The summed E-state index contributed by atoms with van der Waals surface area (Å²) in [5.41, 5.74) is 2.40. The van der Waals surface area contributed by atoms with Gasteiger partial charge in [-0.25, -0.2) is 0 Å². The number of nitrogens with zero attached hydrogens (tertiary/aromatic N) is 1. The Morgan fingerprint density at radius 1 is 1.35 bits per heavy atom. The lowest BCUT2D eigenvalue weighted by molar-refractivity contribution is -0.122. The fourth-order valence-electron chi connectivity index (χ4n) is 2.71. The van der Waals surface area contributed by atoms with E-state index in [0.29, 0.717) is 6.61 Å². The third kappa shape index (κ3) is 1.95. The molecule has 90 valence electrons. The molecule has 1 amide bonds. The number of aryl methyl sites for hydroxylation is 1. The molecule has 1 aromatic rings. The molecule has 3 heteroatoms. The zero-order valence-electron chi connectivity index (χ0n) is 9.89. The molecule has 1 fully saturated rings. The number of amides is 1. The molecular formula is C14H17NO2. The van der Waals surface area contributed by atoms with E-state index in [9.17, 15) is 4.79 Å². The Morgan fingerprint density at radius 2 is 2.24 bits per heavy atom. The van der Waals surface area contributed by atoms with Crippen LogP contribution in [0.3, 0.4) is 0 Å². The average molecular weight is 231 g/mol. The Labute approximate surface area is 101 Å². The summed E-state index contributed by atoms with van der Waals surface area (Å²) in [4.78, 5) is 14.4. The molecule has 0 radical (unpaired) electrons. The van der Waals surface area contributed by atoms with Crippen molar-refractivity contribution in [3.05, 3.63) is 29.8 Å². The van der Waals surface area contributed by atoms with Crippen molar-refractivity contribution in [2.24, 2.45) is 5.92 Å². The molecule has 2 aliphatic heterocycles. The number of fused-ring (bicyclic) bond motifs is 1. The highest BCUT2D eigenvalue weighted by Gasteiger charge is 2.30. The predicted molar refractivity (Wildman–Crippen MR) is 66.0 cm³/mol. The molecule has 0 bridgehead atoms. The largest absolute Gasteiger partial charge is 0.381 e. The Balaban J connectivity index is 1.86. The van der Waals surface area contributed by atoms with Crippen molar-refractivity contribution in [1.29, 1.82) is 0 Å². The number of hydrogen-bond donors (Lipinski definition) is 0. The van der Waals surface area contributed by atoms with Gasteiger partial charge in [-0.2, -0.15) is 0 Å². The number of anilines is 1. The number of para-hydroxylation sites is 1. The van der Waals surface area contributed by atoms with Crippen LogP contribution >= 0.6 is 0 Å². The highest BCUT2D eigenvalue weighted by atomic mass is 16.5. The summed E-state index contributed by atoms with van der Waals surface area (Å²) in [6.07, 6.45) is 3.02. The van der Waals surface area contributed by atoms with Gasteiger partial charge in [0.15, 0.2) is 0 Å². The number of carbonyl (C=O) groups is 1. The van der Waals surface area contributed by atoms with Crippen molar-refractivity contribution < 1.29 is 9.53 Å². The molecule has 0 saturated carbocycles. The van der Waals surface area contributed by atoms with Gasteiger partial charge in [0, 0.05) is 18.8 Å². The van der Waals surface area contributed by atoms with Gasteiger partial charge in [-0.15, -0.1) is 0 Å². The fourth-order valence-corrected chi connectivity index (χ4v) is 2.71. The van der Waals surface area contributed by atoms with Gasteiger partial charge in [-0.05, 0) is 30.9 Å². The highest BCUT2D eigenvalue weighted by molar-refractivity contribution is 5.96. The summed E-state index contributed by atoms with van der Waals surface area (Å²) < 4.78 is 5.31. The van der Waals surface area contributed by atoms with Crippen LogP contribution < -0.4 is 4.90 Å². The molecule has 1 atom stereocenters. The first-order valence-electron chi connectivity index (χ1n) is 6.33. The monoisotopic (exact) mass is 231 g/mol. The van der Waals surface area contributed by atoms with Gasteiger partial charge in [0.25, 0.3) is 0 Å². The van der Waals surface area contributed by atoms with Gasteiger partial charge in [0.2, 0.25) is 5.91 Å². The van der Waals surface area contributed by atoms with Crippen LogP contribution in [0.2, 0.25) is 0 Å². The number of rotatable bonds is 1. The maximum Gasteiger partial charge on any atom is 0.232 e. The summed E-state index contributed by atoms with van der Waals surface area (Å²) >= 11 is 0. The van der Waals surface area contributed by atoms with E-state index in [1.165, 1.54) is 5.56 Å². The van der Waals surface area contributed by atoms with Crippen LogP contribution in [0.1, 0.15) is 18.4 Å². The van der Waals surface area contributed by atoms with Gasteiger partial charge in [0.1, 0.15) is 0 Å². The van der Waals surface area contributed by atoms with Gasteiger partial charge < -0.3 is 9.64 Å². The van der Waals surface area contributed by atoms with Crippen molar-refractivity contribution in [3.63, 3.8) is 0 Å². The molecule has 2 aliphatic rings. The fraction of sp³-hybridized carbons (Fsp3) is 0.500. The zero-order chi connectivity index (χ0) is 11.7. The van der Waals surface area contributed by atoms with Gasteiger partial charge >= 0.3 is 0 Å². The number of hydrogen-bond acceptors (Lipinski definition) is 2. The SMILES string of the molecule is O=C(C1CCOC1)N1CCCc2ccccc21. The molecule has 1 unspecified atom stereocenters. The predicted octanol–water partition coefficient (Wildman–Crippen LogP) is 2.00. The summed E-state index contributed by atoms with van der Waals surface area (Å²) in [5, 5.41) is 0. The van der Waals surface area contributed by atoms with Gasteiger partial charge in [-0.3, -0.25) is 4.79 Å². The van der Waals surface area contributed by atoms with Crippen LogP contribution in [0.5, 0.6) is 0 Å². The number of ether oxygens (including phenoxy) is 1. The second-order valence-electron chi connectivity index (χ2n) is 4.78. The summed E-state index contributed by atoms with van der Waals surface area (Å²) in [6.45, 7) is 2.18. The molecule has 1 aromatic carbocycles. The van der Waals surface area contributed by atoms with Crippen LogP contribution in [0.25, 0.3) is 0 Å². The number of benzene rings is 1. The molecule has 17 heavy (non-hydrogen) atoms. The lowest BCUT2D eigenvalue weighted by Crippen LogP contribution is -2.39. The molecule has 2 heterocycles. The molecule has 1 saturated heterocycles. The highest BCUT2D eigenvalue weighted by Crippen LogP contribution is 2.29. The summed E-state index contributed by atoms with van der Waals surface area (Å²) in [6, 6.07) is 8.24. The Hall–Kier alpha value is -1.35. The van der Waals surface area contributed by atoms with E-state index in [-0.39, 0.29) is 11.8 Å². The number of carbonyl (C=O) groups excluding carboxylic acids is 1. The Kier molecular flexibility index (Phi) is 2.85.